The predicted octanol–water partition coefficient (Wildman–Crippen LogP) is 1.22. The van der Waals surface area contributed by atoms with Crippen LogP contribution >= 0.6 is 0 Å². The number of carbonyl (C=O) groups excluding carboxylic acids is 1. The van der Waals surface area contributed by atoms with Gasteiger partial charge in [0, 0.05) is 6.61 Å². The van der Waals surface area contributed by atoms with Gasteiger partial charge < -0.3 is 9.47 Å². The average molecular weight is 301 g/mol. The van der Waals surface area contributed by atoms with E-state index in [0.29, 0.717) is 12.2 Å². The Morgan fingerprint density at radius 2 is 2.00 bits per heavy atom. The molecule has 1 unspecified atom stereocenters. The van der Waals surface area contributed by atoms with Crippen molar-refractivity contribution in [1.29, 1.82) is 0 Å². The summed E-state index contributed by atoms with van der Waals surface area (Å²) in [5.41, 5.74) is 0.762. The highest BCUT2D eigenvalue weighted by atomic mass is 32.2. The van der Waals surface area contributed by atoms with Gasteiger partial charge in [0.05, 0.1) is 17.1 Å². The normalized spacial score (nSPS) is 13.0. The first-order chi connectivity index (χ1) is 9.24. The molecule has 0 saturated carbocycles. The summed E-state index contributed by atoms with van der Waals surface area (Å²) in [5.74, 6) is -0.606. The topological polar surface area (TPSA) is 95.7 Å². The van der Waals surface area contributed by atoms with Gasteiger partial charge in [-0.15, -0.1) is 0 Å². The van der Waals surface area contributed by atoms with Crippen LogP contribution in [-0.4, -0.2) is 33.7 Å². The second-order valence-electron chi connectivity index (χ2n) is 4.46. The first-order valence-electron chi connectivity index (χ1n) is 6.17. The van der Waals surface area contributed by atoms with Crippen molar-refractivity contribution in [3.8, 4) is 0 Å². The Kier molecular flexibility index (Phi) is 5.67. The molecule has 112 valence electrons. The van der Waals surface area contributed by atoms with Crippen LogP contribution in [0.15, 0.2) is 23.1 Å². The molecule has 2 N–H and O–H groups in total. The molecule has 0 spiro atoms. The maximum atomic E-state index is 11.9. The van der Waals surface area contributed by atoms with E-state index < -0.39 is 22.1 Å². The summed E-state index contributed by atoms with van der Waals surface area (Å²) in [5, 5.41) is 5.06. The molecule has 0 aliphatic heterocycles. The molecule has 0 fully saturated rings. The van der Waals surface area contributed by atoms with Gasteiger partial charge >= 0.3 is 5.97 Å². The smallest absolute Gasteiger partial charge is 0.338 e. The quantitative estimate of drug-likeness (QED) is 0.797. The van der Waals surface area contributed by atoms with Crippen molar-refractivity contribution in [2.24, 2.45) is 5.14 Å². The Hall–Kier alpha value is -1.44. The lowest BCUT2D eigenvalue weighted by Gasteiger charge is -2.13. The Balaban J connectivity index is 2.91. The molecule has 1 atom stereocenters. The number of ether oxygens (including phenoxy) is 2. The molecule has 1 aromatic carbocycles. The Labute approximate surface area is 118 Å². The number of sulfonamides is 1. The highest BCUT2D eigenvalue weighted by Gasteiger charge is 2.16. The number of hydrogen-bond acceptors (Lipinski definition) is 5. The summed E-state index contributed by atoms with van der Waals surface area (Å²) in [4.78, 5) is 11.8. The van der Waals surface area contributed by atoms with Crippen LogP contribution in [0.2, 0.25) is 0 Å². The summed E-state index contributed by atoms with van der Waals surface area (Å²) in [6, 6.07) is 4.15. The zero-order chi connectivity index (χ0) is 15.3. The molecule has 0 aliphatic rings. The van der Waals surface area contributed by atoms with E-state index >= 15 is 0 Å². The molecule has 0 bridgehead atoms. The Morgan fingerprint density at radius 3 is 2.55 bits per heavy atom. The molecule has 0 radical (unpaired) electrons. The van der Waals surface area contributed by atoms with Gasteiger partial charge in [0.2, 0.25) is 10.0 Å². The van der Waals surface area contributed by atoms with E-state index in [4.69, 9.17) is 14.6 Å². The first-order valence-corrected chi connectivity index (χ1v) is 7.72. The number of rotatable bonds is 6. The number of nitrogens with two attached hydrogens (primary N) is 1. The minimum atomic E-state index is -3.86. The number of benzene rings is 1. The molecule has 7 heteroatoms. The number of primary sulfonamides is 1. The van der Waals surface area contributed by atoms with E-state index in [-0.39, 0.29) is 17.1 Å². The van der Waals surface area contributed by atoms with Gasteiger partial charge in [-0.1, -0.05) is 0 Å². The molecule has 0 aliphatic carbocycles. The van der Waals surface area contributed by atoms with Crippen molar-refractivity contribution in [1.82, 2.24) is 0 Å². The van der Waals surface area contributed by atoms with Crippen molar-refractivity contribution in [3.05, 3.63) is 29.3 Å². The molecule has 20 heavy (non-hydrogen) atoms. The molecule has 0 saturated heterocycles. The fraction of sp³-hybridized carbons (Fsp3) is 0.462. The van der Waals surface area contributed by atoms with Gasteiger partial charge in [0.25, 0.3) is 0 Å². The highest BCUT2D eigenvalue weighted by Crippen LogP contribution is 2.15. The minimum Gasteiger partial charge on any atom is -0.457 e. The van der Waals surface area contributed by atoms with Crippen molar-refractivity contribution in [3.63, 3.8) is 0 Å². The third-order valence-electron chi connectivity index (χ3n) is 2.48. The third kappa shape index (κ3) is 4.92. The van der Waals surface area contributed by atoms with Crippen molar-refractivity contribution in [2.45, 2.75) is 31.8 Å². The van der Waals surface area contributed by atoms with Crippen LogP contribution in [-0.2, 0) is 19.5 Å². The lowest BCUT2D eigenvalue weighted by atomic mass is 10.1. The summed E-state index contributed by atoms with van der Waals surface area (Å²) >= 11 is 0. The molecule has 1 aromatic rings. The van der Waals surface area contributed by atoms with E-state index in [0.717, 1.165) is 0 Å². The van der Waals surface area contributed by atoms with Crippen molar-refractivity contribution >= 4 is 16.0 Å². The molecule has 0 amide bonds. The molecule has 0 heterocycles. The molecule has 1 rings (SSSR count). The zero-order valence-electron chi connectivity index (χ0n) is 11.8. The number of carbonyl (C=O) groups is 1. The van der Waals surface area contributed by atoms with Crippen LogP contribution in [0, 0.1) is 6.92 Å². The largest absolute Gasteiger partial charge is 0.457 e. The van der Waals surface area contributed by atoms with Crippen molar-refractivity contribution in [2.75, 3.05) is 13.2 Å². The lowest BCUT2D eigenvalue weighted by molar-refractivity contribution is 0.00436. The maximum Gasteiger partial charge on any atom is 0.338 e. The predicted molar refractivity (Wildman–Crippen MR) is 73.9 cm³/mol. The van der Waals surface area contributed by atoms with Gasteiger partial charge in [-0.3, -0.25) is 0 Å². The standard InChI is InChI=1S/C13H19NO5S/c1-4-18-8-10(3)19-13(15)11-5-9(2)6-12(7-11)20(14,16)17/h5-7,10H,4,8H2,1-3H3,(H2,14,16,17). The van der Waals surface area contributed by atoms with Gasteiger partial charge in [-0.05, 0) is 44.5 Å². The van der Waals surface area contributed by atoms with Gasteiger partial charge in [-0.2, -0.15) is 0 Å². The fourth-order valence-corrected chi connectivity index (χ4v) is 2.24. The van der Waals surface area contributed by atoms with Crippen LogP contribution in [0.1, 0.15) is 29.8 Å². The van der Waals surface area contributed by atoms with Gasteiger partial charge in [0.1, 0.15) is 6.10 Å². The first kappa shape index (κ1) is 16.6. The summed E-state index contributed by atoms with van der Waals surface area (Å²) in [6.07, 6.45) is -0.416. The van der Waals surface area contributed by atoms with Crippen LogP contribution < -0.4 is 5.14 Å². The molecule has 0 aromatic heterocycles. The van der Waals surface area contributed by atoms with E-state index in [1.54, 1.807) is 19.9 Å². The van der Waals surface area contributed by atoms with Crippen molar-refractivity contribution < 1.29 is 22.7 Å². The lowest BCUT2D eigenvalue weighted by Crippen LogP contribution is -2.21. The zero-order valence-corrected chi connectivity index (χ0v) is 12.6. The second-order valence-corrected chi connectivity index (χ2v) is 6.02. The van der Waals surface area contributed by atoms with E-state index in [1.165, 1.54) is 12.1 Å². The fourth-order valence-electron chi connectivity index (χ4n) is 1.60. The second kappa shape index (κ2) is 6.83. The van der Waals surface area contributed by atoms with Crippen LogP contribution in [0.5, 0.6) is 0 Å². The maximum absolute atomic E-state index is 11.9. The number of aryl methyl sites for hydroxylation is 1. The summed E-state index contributed by atoms with van der Waals surface area (Å²) in [7, 11) is -3.86. The Morgan fingerprint density at radius 1 is 1.35 bits per heavy atom. The van der Waals surface area contributed by atoms with Crippen LogP contribution in [0.3, 0.4) is 0 Å². The average Bonchev–Trinajstić information content (AvgIpc) is 2.34. The van der Waals surface area contributed by atoms with Gasteiger partial charge in [0.15, 0.2) is 0 Å². The minimum absolute atomic E-state index is 0.109. The van der Waals surface area contributed by atoms with E-state index in [2.05, 4.69) is 0 Å². The van der Waals surface area contributed by atoms with E-state index in [1.807, 2.05) is 6.92 Å². The molecule has 6 nitrogen and oxygen atoms in total. The monoisotopic (exact) mass is 301 g/mol. The number of esters is 1. The molecular weight excluding hydrogens is 282 g/mol. The van der Waals surface area contributed by atoms with Crippen LogP contribution in [0.25, 0.3) is 0 Å². The third-order valence-corrected chi connectivity index (χ3v) is 3.37. The summed E-state index contributed by atoms with van der Waals surface area (Å²) < 4.78 is 33.0. The Bertz CT molecular complexity index is 582. The van der Waals surface area contributed by atoms with Crippen LogP contribution in [0.4, 0.5) is 0 Å². The summed E-state index contributed by atoms with van der Waals surface area (Å²) in [6.45, 7) is 6.03. The SMILES string of the molecule is CCOCC(C)OC(=O)c1cc(C)cc(S(N)(=O)=O)c1. The van der Waals surface area contributed by atoms with Gasteiger partial charge in [-0.25, -0.2) is 18.4 Å². The molecular formula is C13H19NO5S. The number of hydrogen-bond donors (Lipinski definition) is 1. The van der Waals surface area contributed by atoms with E-state index in [9.17, 15) is 13.2 Å². The highest BCUT2D eigenvalue weighted by molar-refractivity contribution is 7.89.